The fourth-order valence-electron chi connectivity index (χ4n) is 2.46. The minimum absolute atomic E-state index is 0.319. The molecule has 0 saturated carbocycles. The SMILES string of the molecule is CO[Si](C)(CCN(Cc1ccccc1)[Si](C)(C)C(C)(C)C)OC. The van der Waals surface area contributed by atoms with Crippen molar-refractivity contribution in [2.24, 2.45) is 0 Å². The Morgan fingerprint density at radius 1 is 0.957 bits per heavy atom. The average Bonchev–Trinajstić information content (AvgIpc) is 2.50. The molecule has 3 nitrogen and oxygen atoms in total. The molecule has 1 aromatic rings. The Kier molecular flexibility index (Phi) is 7.22. The molecule has 0 fully saturated rings. The van der Waals surface area contributed by atoms with Gasteiger partial charge >= 0.3 is 8.56 Å². The van der Waals surface area contributed by atoms with Crippen LogP contribution in [0.1, 0.15) is 26.3 Å². The van der Waals surface area contributed by atoms with E-state index in [0.717, 1.165) is 19.1 Å². The summed E-state index contributed by atoms with van der Waals surface area (Å²) in [7, 11) is -0.0699. The topological polar surface area (TPSA) is 21.7 Å². The van der Waals surface area contributed by atoms with Crippen LogP contribution in [0.25, 0.3) is 0 Å². The molecule has 0 saturated heterocycles. The highest BCUT2D eigenvalue weighted by molar-refractivity contribution is 6.77. The second-order valence-corrected chi connectivity index (χ2v) is 16.8. The van der Waals surface area contributed by atoms with Gasteiger partial charge in [-0.1, -0.05) is 64.2 Å². The van der Waals surface area contributed by atoms with Crippen LogP contribution in [-0.4, -0.2) is 42.1 Å². The molecule has 0 amide bonds. The van der Waals surface area contributed by atoms with Gasteiger partial charge in [-0.15, -0.1) is 0 Å². The minimum Gasteiger partial charge on any atom is -0.398 e. The summed E-state index contributed by atoms with van der Waals surface area (Å²) in [5, 5.41) is 0.319. The third-order valence-corrected chi connectivity index (χ3v) is 14.0. The van der Waals surface area contributed by atoms with Gasteiger partial charge in [0.15, 0.2) is 0 Å². The van der Waals surface area contributed by atoms with Crippen LogP contribution in [-0.2, 0) is 15.4 Å². The highest BCUT2D eigenvalue weighted by Crippen LogP contribution is 2.39. The Morgan fingerprint density at radius 2 is 1.48 bits per heavy atom. The van der Waals surface area contributed by atoms with Crippen LogP contribution in [0.2, 0.25) is 30.7 Å². The van der Waals surface area contributed by atoms with Crippen molar-refractivity contribution in [1.29, 1.82) is 0 Å². The summed E-state index contributed by atoms with van der Waals surface area (Å²) in [5.41, 5.74) is 1.38. The van der Waals surface area contributed by atoms with Crippen molar-refractivity contribution in [2.45, 2.75) is 58.0 Å². The van der Waals surface area contributed by atoms with E-state index in [1.165, 1.54) is 5.56 Å². The summed E-state index contributed by atoms with van der Waals surface area (Å²) in [4.78, 5) is 0. The normalized spacial score (nSPS) is 13.6. The van der Waals surface area contributed by atoms with E-state index in [9.17, 15) is 0 Å². The van der Waals surface area contributed by atoms with Crippen molar-refractivity contribution in [3.63, 3.8) is 0 Å². The zero-order chi connectivity index (χ0) is 17.7. The quantitative estimate of drug-likeness (QED) is 0.623. The minimum atomic E-state index is -2.03. The molecule has 0 aliphatic rings. The van der Waals surface area contributed by atoms with E-state index in [2.05, 4.69) is 75.3 Å². The molecular formula is C18H35NO2Si2. The van der Waals surface area contributed by atoms with Crippen molar-refractivity contribution in [1.82, 2.24) is 4.57 Å². The summed E-state index contributed by atoms with van der Waals surface area (Å²) in [6.07, 6.45) is 0. The van der Waals surface area contributed by atoms with Gasteiger partial charge in [0.05, 0.1) is 0 Å². The largest absolute Gasteiger partial charge is 0.398 e. The maximum Gasteiger partial charge on any atom is 0.335 e. The fourth-order valence-corrected chi connectivity index (χ4v) is 6.13. The maximum atomic E-state index is 5.69. The molecule has 132 valence electrons. The third kappa shape index (κ3) is 5.53. The van der Waals surface area contributed by atoms with Gasteiger partial charge in [-0.2, -0.15) is 0 Å². The van der Waals surface area contributed by atoms with Crippen molar-refractivity contribution >= 4 is 16.8 Å². The van der Waals surface area contributed by atoms with Gasteiger partial charge in [0, 0.05) is 26.8 Å². The fraction of sp³-hybridized carbons (Fsp3) is 0.667. The van der Waals surface area contributed by atoms with Crippen molar-refractivity contribution in [2.75, 3.05) is 20.8 Å². The zero-order valence-electron chi connectivity index (χ0n) is 16.3. The van der Waals surface area contributed by atoms with Crippen LogP contribution in [0.3, 0.4) is 0 Å². The number of nitrogens with zero attached hydrogens (tertiary/aromatic N) is 1. The van der Waals surface area contributed by atoms with E-state index < -0.39 is 16.8 Å². The molecular weight excluding hydrogens is 318 g/mol. The molecule has 0 spiro atoms. The Bertz CT molecular complexity index is 468. The molecule has 0 N–H and O–H groups in total. The first-order chi connectivity index (χ1) is 10.6. The number of benzene rings is 1. The molecule has 23 heavy (non-hydrogen) atoms. The lowest BCUT2D eigenvalue weighted by Crippen LogP contribution is -2.56. The van der Waals surface area contributed by atoms with E-state index in [1.54, 1.807) is 14.2 Å². The van der Waals surface area contributed by atoms with Gasteiger partial charge in [-0.05, 0) is 23.7 Å². The molecule has 0 aliphatic carbocycles. The second kappa shape index (κ2) is 8.07. The lowest BCUT2D eigenvalue weighted by molar-refractivity contribution is 0.243. The predicted octanol–water partition coefficient (Wildman–Crippen LogP) is 4.86. The summed E-state index contributed by atoms with van der Waals surface area (Å²) in [5.74, 6) is 0. The number of hydrogen-bond acceptors (Lipinski definition) is 3. The predicted molar refractivity (Wildman–Crippen MR) is 104 cm³/mol. The van der Waals surface area contributed by atoms with E-state index in [1.807, 2.05) is 0 Å². The molecule has 0 heterocycles. The first-order valence-electron chi connectivity index (χ1n) is 8.45. The molecule has 0 aromatic heterocycles. The van der Waals surface area contributed by atoms with E-state index in [4.69, 9.17) is 8.85 Å². The summed E-state index contributed by atoms with van der Waals surface area (Å²) in [6.45, 7) is 16.3. The van der Waals surface area contributed by atoms with Crippen molar-refractivity contribution in [3.05, 3.63) is 35.9 Å². The highest BCUT2D eigenvalue weighted by atomic mass is 28.4. The molecule has 0 aliphatic heterocycles. The zero-order valence-corrected chi connectivity index (χ0v) is 18.3. The first kappa shape index (κ1) is 20.6. The standard InChI is InChI=1S/C18H35NO2Si2/c1-18(2,3)22(6,7)19(14-15-23(8,20-4)21-5)16-17-12-10-9-11-13-17/h9-13H,14-16H2,1-8H3. The first-order valence-corrected chi connectivity index (χ1v) is 13.9. The lowest BCUT2D eigenvalue weighted by atomic mass is 10.2. The van der Waals surface area contributed by atoms with Crippen LogP contribution in [0.4, 0.5) is 0 Å². The van der Waals surface area contributed by atoms with Gasteiger partial charge in [0.1, 0.15) is 8.24 Å². The van der Waals surface area contributed by atoms with Gasteiger partial charge in [-0.25, -0.2) is 0 Å². The highest BCUT2D eigenvalue weighted by Gasteiger charge is 2.42. The number of hydrogen-bond donors (Lipinski definition) is 0. The molecule has 1 rings (SSSR count). The van der Waals surface area contributed by atoms with Gasteiger partial charge in [0.25, 0.3) is 0 Å². The molecule has 0 bridgehead atoms. The van der Waals surface area contributed by atoms with Crippen LogP contribution in [0.15, 0.2) is 30.3 Å². The Balaban J connectivity index is 2.97. The van der Waals surface area contributed by atoms with E-state index in [0.29, 0.717) is 5.04 Å². The van der Waals surface area contributed by atoms with Crippen molar-refractivity contribution in [3.8, 4) is 0 Å². The summed E-state index contributed by atoms with van der Waals surface area (Å²) in [6, 6.07) is 11.8. The Labute approximate surface area is 145 Å². The lowest BCUT2D eigenvalue weighted by Gasteiger charge is -2.46. The van der Waals surface area contributed by atoms with Crippen LogP contribution in [0, 0.1) is 0 Å². The van der Waals surface area contributed by atoms with Crippen LogP contribution >= 0.6 is 0 Å². The van der Waals surface area contributed by atoms with Gasteiger partial charge in [-0.3, -0.25) is 0 Å². The monoisotopic (exact) mass is 353 g/mol. The molecule has 0 unspecified atom stereocenters. The van der Waals surface area contributed by atoms with Crippen LogP contribution in [0.5, 0.6) is 0 Å². The Morgan fingerprint density at radius 3 is 1.91 bits per heavy atom. The van der Waals surface area contributed by atoms with Crippen molar-refractivity contribution < 1.29 is 8.85 Å². The third-order valence-electron chi connectivity index (χ3n) is 5.54. The molecule has 1 aromatic carbocycles. The smallest absolute Gasteiger partial charge is 0.335 e. The van der Waals surface area contributed by atoms with E-state index in [-0.39, 0.29) is 0 Å². The summed E-state index contributed by atoms with van der Waals surface area (Å²) >= 11 is 0. The molecule has 5 heteroatoms. The number of rotatable bonds is 8. The van der Waals surface area contributed by atoms with Gasteiger partial charge in [0.2, 0.25) is 0 Å². The molecule has 0 atom stereocenters. The van der Waals surface area contributed by atoms with Crippen LogP contribution < -0.4 is 0 Å². The Hall–Kier alpha value is -0.466. The van der Waals surface area contributed by atoms with E-state index >= 15 is 0 Å². The molecule has 0 radical (unpaired) electrons. The second-order valence-electron chi connectivity index (χ2n) is 8.01. The average molecular weight is 354 g/mol. The van der Waals surface area contributed by atoms with Gasteiger partial charge < -0.3 is 13.4 Å². The summed E-state index contributed by atoms with van der Waals surface area (Å²) < 4.78 is 14.1. The maximum absolute atomic E-state index is 5.69.